The number of halogens is 1. The Kier molecular flexibility index (Phi) is 6.49. The van der Waals surface area contributed by atoms with Crippen molar-refractivity contribution in [2.24, 2.45) is 11.1 Å². The van der Waals surface area contributed by atoms with Crippen LogP contribution in [0.2, 0.25) is 5.02 Å². The fraction of sp³-hybridized carbons (Fsp3) is 0.385. The lowest BCUT2D eigenvalue weighted by Gasteiger charge is -2.37. The van der Waals surface area contributed by atoms with E-state index in [9.17, 15) is 9.59 Å². The number of esters is 1. The highest BCUT2D eigenvalue weighted by Crippen LogP contribution is 2.48. The largest absolute Gasteiger partial charge is 0.486 e. The maximum atomic E-state index is 13.2. The second-order valence-electron chi connectivity index (χ2n) is 9.32. The Morgan fingerprint density at radius 3 is 2.71 bits per heavy atom. The zero-order chi connectivity index (χ0) is 24.6. The third-order valence-electron chi connectivity index (χ3n) is 5.93. The van der Waals surface area contributed by atoms with E-state index in [1.807, 2.05) is 26.8 Å². The molecular weight excluding hydrogens is 458 g/mol. The average molecular weight is 486 g/mol. The number of nitrogens with two attached hydrogens (primary N) is 1. The van der Waals surface area contributed by atoms with Gasteiger partial charge in [0.25, 0.3) is 0 Å². The minimum Gasteiger partial charge on any atom is -0.486 e. The Labute approximate surface area is 203 Å². The van der Waals surface area contributed by atoms with E-state index in [4.69, 9.17) is 36.0 Å². The van der Waals surface area contributed by atoms with Gasteiger partial charge in [0.05, 0.1) is 12.5 Å². The molecule has 8 heteroatoms. The SMILES string of the molecule is CCOC(=O)C1=C(N)OC2=C(C(=O)CC(C)(C)C2)C1c1ccc(COc2ccc(Cl)c(C)c2)o1. The first-order chi connectivity index (χ1) is 16.1. The molecule has 0 radical (unpaired) electrons. The van der Waals surface area contributed by atoms with E-state index in [-0.39, 0.29) is 35.9 Å². The van der Waals surface area contributed by atoms with Gasteiger partial charge in [-0.3, -0.25) is 4.79 Å². The number of allylic oxidation sites excluding steroid dienone is 2. The summed E-state index contributed by atoms with van der Waals surface area (Å²) >= 11 is 6.08. The summed E-state index contributed by atoms with van der Waals surface area (Å²) in [6.45, 7) is 7.90. The number of Topliss-reactive ketones (excluding diaryl/α,β-unsaturated/α-hetero) is 1. The van der Waals surface area contributed by atoms with Crippen LogP contribution in [0.4, 0.5) is 0 Å². The van der Waals surface area contributed by atoms with Crippen molar-refractivity contribution in [3.63, 3.8) is 0 Å². The van der Waals surface area contributed by atoms with Gasteiger partial charge in [0.15, 0.2) is 5.78 Å². The number of carbonyl (C=O) groups excluding carboxylic acids is 2. The summed E-state index contributed by atoms with van der Waals surface area (Å²) in [4.78, 5) is 26.0. The fourth-order valence-corrected chi connectivity index (χ4v) is 4.48. The minimum atomic E-state index is -0.807. The molecule has 0 amide bonds. The van der Waals surface area contributed by atoms with E-state index in [1.165, 1.54) is 0 Å². The Morgan fingerprint density at radius 1 is 1.24 bits per heavy atom. The first-order valence-electron chi connectivity index (χ1n) is 11.2. The normalized spacial score (nSPS) is 19.6. The van der Waals surface area contributed by atoms with Gasteiger partial charge < -0.3 is 24.4 Å². The summed E-state index contributed by atoms with van der Waals surface area (Å²) < 4.78 is 22.9. The molecule has 0 fully saturated rings. The lowest BCUT2D eigenvalue weighted by molar-refractivity contribution is -0.139. The number of aryl methyl sites for hydroxylation is 1. The highest BCUT2D eigenvalue weighted by molar-refractivity contribution is 6.31. The molecule has 1 unspecified atom stereocenters. The molecule has 0 spiro atoms. The van der Waals surface area contributed by atoms with Crippen molar-refractivity contribution in [3.05, 3.63) is 75.2 Å². The van der Waals surface area contributed by atoms with Gasteiger partial charge in [0.1, 0.15) is 35.2 Å². The van der Waals surface area contributed by atoms with Gasteiger partial charge in [0, 0.05) is 23.4 Å². The predicted octanol–water partition coefficient (Wildman–Crippen LogP) is 5.31. The monoisotopic (exact) mass is 485 g/mol. The van der Waals surface area contributed by atoms with Crippen molar-refractivity contribution in [2.45, 2.75) is 53.1 Å². The average Bonchev–Trinajstić information content (AvgIpc) is 3.21. The number of hydrogen-bond donors (Lipinski definition) is 1. The molecule has 180 valence electrons. The molecular formula is C26H28ClNO6. The maximum absolute atomic E-state index is 13.2. The highest BCUT2D eigenvalue weighted by Gasteiger charge is 2.46. The molecule has 0 saturated heterocycles. The van der Waals surface area contributed by atoms with E-state index in [0.717, 1.165) is 5.56 Å². The minimum absolute atomic E-state index is 0.0708. The number of ether oxygens (including phenoxy) is 3. The van der Waals surface area contributed by atoms with Crippen LogP contribution in [0.1, 0.15) is 56.6 Å². The van der Waals surface area contributed by atoms with Gasteiger partial charge in [-0.15, -0.1) is 0 Å². The molecule has 34 heavy (non-hydrogen) atoms. The van der Waals surface area contributed by atoms with Crippen LogP contribution in [-0.4, -0.2) is 18.4 Å². The van der Waals surface area contributed by atoms with Crippen LogP contribution >= 0.6 is 11.6 Å². The van der Waals surface area contributed by atoms with Gasteiger partial charge in [0.2, 0.25) is 5.88 Å². The van der Waals surface area contributed by atoms with Crippen LogP contribution in [0.3, 0.4) is 0 Å². The second-order valence-corrected chi connectivity index (χ2v) is 9.72. The van der Waals surface area contributed by atoms with Gasteiger partial charge in [-0.2, -0.15) is 0 Å². The van der Waals surface area contributed by atoms with E-state index in [2.05, 4.69) is 0 Å². The van der Waals surface area contributed by atoms with Crippen molar-refractivity contribution in [1.82, 2.24) is 0 Å². The molecule has 1 aromatic carbocycles. The third-order valence-corrected chi connectivity index (χ3v) is 6.35. The van der Waals surface area contributed by atoms with Crippen LogP contribution in [-0.2, 0) is 25.7 Å². The quantitative estimate of drug-likeness (QED) is 0.553. The Balaban J connectivity index is 1.67. The van der Waals surface area contributed by atoms with Gasteiger partial charge in [-0.05, 0) is 55.2 Å². The topological polar surface area (TPSA) is 101 Å². The molecule has 0 bridgehead atoms. The Morgan fingerprint density at radius 2 is 2.00 bits per heavy atom. The van der Waals surface area contributed by atoms with Crippen molar-refractivity contribution in [3.8, 4) is 5.75 Å². The first-order valence-corrected chi connectivity index (χ1v) is 11.6. The van der Waals surface area contributed by atoms with Crippen LogP contribution in [0.5, 0.6) is 5.75 Å². The Bertz CT molecular complexity index is 1210. The van der Waals surface area contributed by atoms with E-state index >= 15 is 0 Å². The summed E-state index contributed by atoms with van der Waals surface area (Å²) in [6, 6.07) is 8.87. The van der Waals surface area contributed by atoms with Crippen molar-refractivity contribution in [2.75, 3.05) is 6.61 Å². The van der Waals surface area contributed by atoms with Crippen molar-refractivity contribution < 1.29 is 28.2 Å². The highest BCUT2D eigenvalue weighted by atomic mass is 35.5. The van der Waals surface area contributed by atoms with E-state index in [0.29, 0.717) is 46.5 Å². The lowest BCUT2D eigenvalue weighted by atomic mass is 9.71. The predicted molar refractivity (Wildman–Crippen MR) is 126 cm³/mol. The lowest BCUT2D eigenvalue weighted by Crippen LogP contribution is -2.35. The summed E-state index contributed by atoms with van der Waals surface area (Å²) in [7, 11) is 0. The zero-order valence-corrected chi connectivity index (χ0v) is 20.5. The number of benzene rings is 1. The molecule has 1 aliphatic heterocycles. The van der Waals surface area contributed by atoms with Crippen molar-refractivity contribution >= 4 is 23.4 Å². The summed E-state index contributed by atoms with van der Waals surface area (Å²) in [6.07, 6.45) is 0.849. The second kappa shape index (κ2) is 9.22. The maximum Gasteiger partial charge on any atom is 0.340 e. The third kappa shape index (κ3) is 4.71. The van der Waals surface area contributed by atoms with Gasteiger partial charge in [-0.1, -0.05) is 25.4 Å². The molecule has 2 heterocycles. The van der Waals surface area contributed by atoms with Crippen LogP contribution in [0.25, 0.3) is 0 Å². The molecule has 2 N–H and O–H groups in total. The molecule has 2 aromatic rings. The molecule has 0 saturated carbocycles. The van der Waals surface area contributed by atoms with E-state index in [1.54, 1.807) is 31.2 Å². The Hall–Kier alpha value is -3.19. The standard InChI is InChI=1S/C26H28ClNO6/c1-5-31-25(30)23-22(21-18(29)11-26(3,4)12-20(21)34-24(23)28)19-9-7-16(33-19)13-32-15-6-8-17(27)14(2)10-15/h6-10,22H,5,11-13,28H2,1-4H3. The van der Waals surface area contributed by atoms with Crippen molar-refractivity contribution in [1.29, 1.82) is 0 Å². The van der Waals surface area contributed by atoms with E-state index < -0.39 is 11.9 Å². The number of ketones is 1. The number of hydrogen-bond acceptors (Lipinski definition) is 7. The molecule has 7 nitrogen and oxygen atoms in total. The molecule has 2 aliphatic rings. The fourth-order valence-electron chi connectivity index (χ4n) is 4.37. The number of rotatable bonds is 6. The first kappa shape index (κ1) is 24.0. The molecule has 1 aromatic heterocycles. The molecule has 1 aliphatic carbocycles. The van der Waals surface area contributed by atoms with Crippen LogP contribution < -0.4 is 10.5 Å². The number of carbonyl (C=O) groups is 2. The zero-order valence-electron chi connectivity index (χ0n) is 19.7. The van der Waals surface area contributed by atoms with Gasteiger partial charge in [-0.25, -0.2) is 4.79 Å². The number of furan rings is 1. The summed E-state index contributed by atoms with van der Waals surface area (Å²) in [5.74, 6) is 0.440. The molecule has 4 rings (SSSR count). The summed E-state index contributed by atoms with van der Waals surface area (Å²) in [5, 5.41) is 0.660. The van der Waals surface area contributed by atoms with Crippen LogP contribution in [0.15, 0.2) is 57.5 Å². The smallest absolute Gasteiger partial charge is 0.340 e. The van der Waals surface area contributed by atoms with Crippen LogP contribution in [0, 0.1) is 12.3 Å². The summed E-state index contributed by atoms with van der Waals surface area (Å²) in [5.41, 5.74) is 7.27. The molecule has 1 atom stereocenters. The van der Waals surface area contributed by atoms with Gasteiger partial charge >= 0.3 is 5.97 Å².